The van der Waals surface area contributed by atoms with E-state index in [0.29, 0.717) is 19.5 Å². The molecule has 0 radical (unpaired) electrons. The molecule has 0 saturated carbocycles. The Hall–Kier alpha value is -2.83. The fraction of sp³-hybridized carbons (Fsp3) is 0.421. The number of ether oxygens (including phenoxy) is 1. The zero-order valence-corrected chi connectivity index (χ0v) is 15.1. The molecular weight excluding hydrogens is 332 g/mol. The van der Waals surface area contributed by atoms with E-state index in [2.05, 4.69) is 15.3 Å². The van der Waals surface area contributed by atoms with Gasteiger partial charge in [-0.05, 0) is 12.5 Å². The number of hydrogen-bond donors (Lipinski definition) is 2. The molecule has 2 aromatic rings. The third-order valence-corrected chi connectivity index (χ3v) is 4.64. The van der Waals surface area contributed by atoms with Crippen LogP contribution in [-0.2, 0) is 22.6 Å². The molecular formula is C19H24N4O3. The number of benzene rings is 1. The van der Waals surface area contributed by atoms with E-state index in [9.17, 15) is 9.59 Å². The molecule has 1 aromatic heterocycles. The van der Waals surface area contributed by atoms with Gasteiger partial charge in [-0.25, -0.2) is 4.98 Å². The minimum absolute atomic E-state index is 0.0740. The average Bonchev–Trinajstić information content (AvgIpc) is 3.29. The third-order valence-electron chi connectivity index (χ3n) is 4.64. The van der Waals surface area contributed by atoms with E-state index in [1.165, 1.54) is 6.92 Å². The molecule has 2 N–H and O–H groups in total. The highest BCUT2D eigenvalue weighted by Gasteiger charge is 2.29. The van der Waals surface area contributed by atoms with Gasteiger partial charge in [0, 0.05) is 31.5 Å². The highest BCUT2D eigenvalue weighted by atomic mass is 16.5. The number of aromatic nitrogens is 2. The van der Waals surface area contributed by atoms with E-state index in [1.807, 2.05) is 29.2 Å². The van der Waals surface area contributed by atoms with Crippen LogP contribution in [0.5, 0.6) is 5.75 Å². The van der Waals surface area contributed by atoms with Gasteiger partial charge in [-0.1, -0.05) is 18.2 Å². The summed E-state index contributed by atoms with van der Waals surface area (Å²) in [5.74, 6) is 1.84. The van der Waals surface area contributed by atoms with E-state index in [0.717, 1.165) is 35.8 Å². The van der Waals surface area contributed by atoms with Crippen molar-refractivity contribution in [3.8, 4) is 5.75 Å². The van der Waals surface area contributed by atoms with E-state index in [1.54, 1.807) is 13.3 Å². The van der Waals surface area contributed by atoms with E-state index < -0.39 is 0 Å². The Labute approximate surface area is 152 Å². The van der Waals surface area contributed by atoms with Gasteiger partial charge in [0.25, 0.3) is 0 Å². The van der Waals surface area contributed by atoms with Gasteiger partial charge in [0.2, 0.25) is 11.8 Å². The fourth-order valence-electron chi connectivity index (χ4n) is 3.23. The number of nitrogens with zero attached hydrogens (tertiary/aromatic N) is 2. The largest absolute Gasteiger partial charge is 0.496 e. The SMILES string of the molecule is COc1ccccc1CC(=O)N1CC[C@@H](c2ncc(CNC(C)=O)[nH]2)C1. The van der Waals surface area contributed by atoms with Gasteiger partial charge in [0.05, 0.1) is 32.0 Å². The normalized spacial score (nSPS) is 16.5. The standard InChI is InChI=1S/C19H24N4O3/c1-13(24)20-10-16-11-21-19(22-16)15-7-8-23(12-15)18(25)9-14-5-3-4-6-17(14)26-2/h3-6,11,15H,7-10,12H2,1-2H3,(H,20,24)(H,21,22)/t15-/m1/s1. The zero-order valence-electron chi connectivity index (χ0n) is 15.1. The smallest absolute Gasteiger partial charge is 0.227 e. The molecule has 0 aliphatic carbocycles. The van der Waals surface area contributed by atoms with Crippen LogP contribution < -0.4 is 10.1 Å². The predicted octanol–water partition coefficient (Wildman–Crippen LogP) is 1.61. The lowest BCUT2D eigenvalue weighted by Gasteiger charge is -2.17. The Kier molecular flexibility index (Phi) is 5.55. The summed E-state index contributed by atoms with van der Waals surface area (Å²) in [7, 11) is 1.62. The number of aromatic amines is 1. The monoisotopic (exact) mass is 356 g/mol. The van der Waals surface area contributed by atoms with Crippen molar-refractivity contribution in [3.05, 3.63) is 47.5 Å². The van der Waals surface area contributed by atoms with Crippen LogP contribution in [0.2, 0.25) is 0 Å². The first-order valence-corrected chi connectivity index (χ1v) is 8.74. The number of rotatable bonds is 6. The molecule has 0 unspecified atom stereocenters. The summed E-state index contributed by atoms with van der Waals surface area (Å²) in [4.78, 5) is 33.2. The number of carbonyl (C=O) groups is 2. The lowest BCUT2D eigenvalue weighted by Crippen LogP contribution is -2.30. The molecule has 1 aliphatic rings. The Morgan fingerprint density at radius 3 is 2.96 bits per heavy atom. The summed E-state index contributed by atoms with van der Waals surface area (Å²) < 4.78 is 5.33. The summed E-state index contributed by atoms with van der Waals surface area (Å²) in [5.41, 5.74) is 1.77. The lowest BCUT2D eigenvalue weighted by atomic mass is 10.1. The van der Waals surface area contributed by atoms with Crippen molar-refractivity contribution in [2.75, 3.05) is 20.2 Å². The van der Waals surface area contributed by atoms with Gasteiger partial charge in [-0.2, -0.15) is 0 Å². The van der Waals surface area contributed by atoms with Crippen LogP contribution in [0.4, 0.5) is 0 Å². The number of nitrogens with one attached hydrogen (secondary N) is 2. The molecule has 1 saturated heterocycles. The molecule has 1 aromatic carbocycles. The quantitative estimate of drug-likeness (QED) is 0.823. The Morgan fingerprint density at radius 1 is 1.38 bits per heavy atom. The topological polar surface area (TPSA) is 87.3 Å². The van der Waals surface area contributed by atoms with Gasteiger partial charge >= 0.3 is 0 Å². The second kappa shape index (κ2) is 8.03. The molecule has 2 heterocycles. The number of imidazole rings is 1. The Morgan fingerprint density at radius 2 is 2.19 bits per heavy atom. The minimum Gasteiger partial charge on any atom is -0.496 e. The number of H-pyrrole nitrogens is 1. The molecule has 7 nitrogen and oxygen atoms in total. The Balaban J connectivity index is 1.58. The van der Waals surface area contributed by atoms with Crippen LogP contribution in [0.25, 0.3) is 0 Å². The summed E-state index contributed by atoms with van der Waals surface area (Å²) in [6.45, 7) is 3.30. The number of hydrogen-bond acceptors (Lipinski definition) is 4. The molecule has 3 rings (SSSR count). The summed E-state index contributed by atoms with van der Waals surface area (Å²) in [6, 6.07) is 7.60. The third kappa shape index (κ3) is 4.22. The number of carbonyl (C=O) groups excluding carboxylic acids is 2. The highest BCUT2D eigenvalue weighted by Crippen LogP contribution is 2.26. The van der Waals surface area contributed by atoms with Crippen molar-refractivity contribution >= 4 is 11.8 Å². The van der Waals surface area contributed by atoms with Crippen molar-refractivity contribution in [1.82, 2.24) is 20.2 Å². The lowest BCUT2D eigenvalue weighted by molar-refractivity contribution is -0.129. The number of methoxy groups -OCH3 is 1. The molecule has 26 heavy (non-hydrogen) atoms. The summed E-state index contributed by atoms with van der Waals surface area (Å²) in [6.07, 6.45) is 2.96. The molecule has 1 atom stereocenters. The Bertz CT molecular complexity index is 787. The molecule has 7 heteroatoms. The maximum absolute atomic E-state index is 12.6. The first-order valence-electron chi connectivity index (χ1n) is 8.74. The summed E-state index contributed by atoms with van der Waals surface area (Å²) >= 11 is 0. The van der Waals surface area contributed by atoms with Gasteiger partial charge < -0.3 is 19.9 Å². The molecule has 1 aliphatic heterocycles. The first kappa shape index (κ1) is 18.0. The number of likely N-dealkylation sites (tertiary alicyclic amines) is 1. The highest BCUT2D eigenvalue weighted by molar-refractivity contribution is 5.80. The van der Waals surface area contributed by atoms with Crippen LogP contribution in [-0.4, -0.2) is 46.9 Å². The van der Waals surface area contributed by atoms with Gasteiger partial charge in [0.15, 0.2) is 0 Å². The van der Waals surface area contributed by atoms with Crippen molar-refractivity contribution in [3.63, 3.8) is 0 Å². The van der Waals surface area contributed by atoms with E-state index in [4.69, 9.17) is 4.74 Å². The van der Waals surface area contributed by atoms with Crippen LogP contribution in [0, 0.1) is 0 Å². The van der Waals surface area contributed by atoms with Crippen LogP contribution in [0.3, 0.4) is 0 Å². The van der Waals surface area contributed by atoms with Gasteiger partial charge in [0.1, 0.15) is 11.6 Å². The van der Waals surface area contributed by atoms with Crippen molar-refractivity contribution in [2.24, 2.45) is 0 Å². The molecule has 2 amide bonds. The number of para-hydroxylation sites is 1. The molecule has 0 spiro atoms. The maximum atomic E-state index is 12.6. The summed E-state index contributed by atoms with van der Waals surface area (Å²) in [5, 5.41) is 2.74. The van der Waals surface area contributed by atoms with Crippen LogP contribution in [0.15, 0.2) is 30.5 Å². The maximum Gasteiger partial charge on any atom is 0.227 e. The zero-order chi connectivity index (χ0) is 18.5. The van der Waals surface area contributed by atoms with Crippen LogP contribution in [0.1, 0.15) is 36.3 Å². The van der Waals surface area contributed by atoms with Gasteiger partial charge in [-0.15, -0.1) is 0 Å². The van der Waals surface area contributed by atoms with E-state index in [-0.39, 0.29) is 17.7 Å². The van der Waals surface area contributed by atoms with Crippen LogP contribution >= 0.6 is 0 Å². The average molecular weight is 356 g/mol. The van der Waals surface area contributed by atoms with Crippen molar-refractivity contribution < 1.29 is 14.3 Å². The second-order valence-corrected chi connectivity index (χ2v) is 6.52. The number of amides is 2. The first-order chi connectivity index (χ1) is 12.6. The van der Waals surface area contributed by atoms with Gasteiger partial charge in [-0.3, -0.25) is 9.59 Å². The van der Waals surface area contributed by atoms with E-state index >= 15 is 0 Å². The molecule has 1 fully saturated rings. The van der Waals surface area contributed by atoms with Crippen molar-refractivity contribution in [1.29, 1.82) is 0 Å². The second-order valence-electron chi connectivity index (χ2n) is 6.52. The fourth-order valence-corrected chi connectivity index (χ4v) is 3.23. The van der Waals surface area contributed by atoms with Crippen molar-refractivity contribution in [2.45, 2.75) is 32.2 Å². The predicted molar refractivity (Wildman–Crippen MR) is 96.7 cm³/mol. The molecule has 0 bridgehead atoms. The molecule has 138 valence electrons. The minimum atomic E-state index is -0.0740.